The fraction of sp³-hybridized carbons (Fsp3) is 0.438. The number of anilines is 2. The zero-order valence-corrected chi connectivity index (χ0v) is 23.2. The lowest BCUT2D eigenvalue weighted by atomic mass is 9.84. The minimum absolute atomic E-state index is 0.104. The van der Waals surface area contributed by atoms with Crippen LogP contribution in [0.5, 0.6) is 5.75 Å². The lowest BCUT2D eigenvalue weighted by molar-refractivity contribution is -0.141. The van der Waals surface area contributed by atoms with Gasteiger partial charge in [-0.3, -0.25) is 4.79 Å². The van der Waals surface area contributed by atoms with Crippen molar-refractivity contribution in [2.75, 3.05) is 24.7 Å². The Hall–Kier alpha value is -3.58. The third kappa shape index (κ3) is 9.59. The molecule has 4 N–H and O–H groups in total. The Morgan fingerprint density at radius 3 is 2.41 bits per heavy atom. The second kappa shape index (κ2) is 14.5. The molecule has 1 saturated carbocycles. The normalized spacial score (nSPS) is 17.6. The zero-order valence-electron chi connectivity index (χ0n) is 23.2. The average molecular weight is 535 g/mol. The van der Waals surface area contributed by atoms with Crippen LogP contribution in [-0.4, -0.2) is 31.3 Å². The summed E-state index contributed by atoms with van der Waals surface area (Å²) in [6, 6.07) is 12.4. The third-order valence-corrected chi connectivity index (χ3v) is 7.05. The SMILES string of the molecule is C=CCCCCOC1CCC(C(=O)Oc2ccc(/C=C/C(=O)OCC(C)(C)c3ccc(N)cc3N)cc2)CC1. The van der Waals surface area contributed by atoms with Gasteiger partial charge in [0.05, 0.1) is 12.0 Å². The molecule has 2 aromatic carbocycles. The Balaban J connectivity index is 1.40. The van der Waals surface area contributed by atoms with Crippen LogP contribution in [0.4, 0.5) is 11.4 Å². The number of allylic oxidation sites excluding steroid dienone is 1. The molecule has 0 spiro atoms. The monoisotopic (exact) mass is 534 g/mol. The highest BCUT2D eigenvalue weighted by molar-refractivity contribution is 5.87. The molecule has 210 valence electrons. The van der Waals surface area contributed by atoms with Crippen molar-refractivity contribution in [1.82, 2.24) is 0 Å². The summed E-state index contributed by atoms with van der Waals surface area (Å²) < 4.78 is 17.0. The highest BCUT2D eigenvalue weighted by Gasteiger charge is 2.28. The lowest BCUT2D eigenvalue weighted by Gasteiger charge is -2.27. The van der Waals surface area contributed by atoms with Gasteiger partial charge in [0.25, 0.3) is 0 Å². The fourth-order valence-electron chi connectivity index (χ4n) is 4.69. The van der Waals surface area contributed by atoms with Gasteiger partial charge in [-0.1, -0.05) is 38.1 Å². The van der Waals surface area contributed by atoms with Gasteiger partial charge < -0.3 is 25.7 Å². The minimum atomic E-state index is -0.468. The lowest BCUT2D eigenvalue weighted by Crippen LogP contribution is -2.29. The van der Waals surface area contributed by atoms with Crippen LogP contribution in [0.25, 0.3) is 6.08 Å². The summed E-state index contributed by atoms with van der Waals surface area (Å²) >= 11 is 0. The Morgan fingerprint density at radius 2 is 1.74 bits per heavy atom. The summed E-state index contributed by atoms with van der Waals surface area (Å²) in [5, 5.41) is 0. The molecule has 7 heteroatoms. The molecular weight excluding hydrogens is 492 g/mol. The summed E-state index contributed by atoms with van der Waals surface area (Å²) in [5.74, 6) is -0.268. The van der Waals surface area contributed by atoms with Gasteiger partial charge in [-0.2, -0.15) is 0 Å². The van der Waals surface area contributed by atoms with Crippen LogP contribution >= 0.6 is 0 Å². The number of unbranched alkanes of at least 4 members (excludes halogenated alkanes) is 2. The van der Waals surface area contributed by atoms with Crippen LogP contribution in [-0.2, 0) is 24.5 Å². The predicted octanol–water partition coefficient (Wildman–Crippen LogP) is 6.22. The van der Waals surface area contributed by atoms with Gasteiger partial charge in [-0.15, -0.1) is 6.58 Å². The van der Waals surface area contributed by atoms with Crippen LogP contribution in [0.15, 0.2) is 61.2 Å². The van der Waals surface area contributed by atoms with E-state index < -0.39 is 11.4 Å². The van der Waals surface area contributed by atoms with Crippen molar-refractivity contribution in [1.29, 1.82) is 0 Å². The molecular formula is C32H42N2O5. The van der Waals surface area contributed by atoms with Crippen molar-refractivity contribution < 1.29 is 23.8 Å². The second-order valence-corrected chi connectivity index (χ2v) is 10.8. The first-order chi connectivity index (χ1) is 18.7. The summed E-state index contributed by atoms with van der Waals surface area (Å²) in [6.45, 7) is 8.59. The molecule has 0 aromatic heterocycles. The van der Waals surface area contributed by atoms with Crippen molar-refractivity contribution >= 4 is 29.4 Å². The third-order valence-electron chi connectivity index (χ3n) is 7.05. The Kier molecular flexibility index (Phi) is 11.2. The Labute approximate surface area is 232 Å². The summed E-state index contributed by atoms with van der Waals surface area (Å²) in [5.41, 5.74) is 14.2. The van der Waals surface area contributed by atoms with Gasteiger partial charge in [0.15, 0.2) is 0 Å². The Morgan fingerprint density at radius 1 is 1.03 bits per heavy atom. The van der Waals surface area contributed by atoms with Crippen LogP contribution in [0.1, 0.15) is 69.9 Å². The number of carbonyl (C=O) groups excluding carboxylic acids is 2. The van der Waals surface area contributed by atoms with E-state index in [2.05, 4.69) is 6.58 Å². The largest absolute Gasteiger partial charge is 0.462 e. The predicted molar refractivity (Wildman–Crippen MR) is 156 cm³/mol. The molecule has 1 aliphatic carbocycles. The molecule has 3 rings (SSSR count). The van der Waals surface area contributed by atoms with Crippen molar-refractivity contribution in [3.63, 3.8) is 0 Å². The van der Waals surface area contributed by atoms with E-state index in [1.807, 2.05) is 26.0 Å². The van der Waals surface area contributed by atoms with Crippen molar-refractivity contribution in [2.45, 2.75) is 70.3 Å². The maximum Gasteiger partial charge on any atom is 0.330 e. The van der Waals surface area contributed by atoms with Crippen molar-refractivity contribution in [2.24, 2.45) is 5.92 Å². The molecule has 39 heavy (non-hydrogen) atoms. The maximum absolute atomic E-state index is 12.6. The molecule has 1 fully saturated rings. The fourth-order valence-corrected chi connectivity index (χ4v) is 4.69. The van der Waals surface area contributed by atoms with Crippen molar-refractivity contribution in [3.8, 4) is 5.75 Å². The summed E-state index contributed by atoms with van der Waals surface area (Å²) in [7, 11) is 0. The molecule has 0 amide bonds. The molecule has 0 atom stereocenters. The van der Waals surface area contributed by atoms with Gasteiger partial charge in [0.1, 0.15) is 12.4 Å². The summed E-state index contributed by atoms with van der Waals surface area (Å²) in [4.78, 5) is 24.9. The zero-order chi connectivity index (χ0) is 28.3. The van der Waals surface area contributed by atoms with Gasteiger partial charge in [-0.05, 0) is 86.4 Å². The van der Waals surface area contributed by atoms with E-state index in [0.29, 0.717) is 17.1 Å². The van der Waals surface area contributed by atoms with E-state index in [-0.39, 0.29) is 24.6 Å². The molecule has 0 heterocycles. The van der Waals surface area contributed by atoms with Gasteiger partial charge in [0.2, 0.25) is 0 Å². The number of nitrogens with two attached hydrogens (primary N) is 2. The first-order valence-corrected chi connectivity index (χ1v) is 13.7. The summed E-state index contributed by atoms with van der Waals surface area (Å²) in [6.07, 6.45) is 11.7. The van der Waals surface area contributed by atoms with E-state index in [4.69, 9.17) is 25.7 Å². The van der Waals surface area contributed by atoms with E-state index in [9.17, 15) is 9.59 Å². The molecule has 0 bridgehead atoms. The highest BCUT2D eigenvalue weighted by atomic mass is 16.5. The quantitative estimate of drug-likeness (QED) is 0.0783. The number of rotatable bonds is 13. The number of esters is 2. The van der Waals surface area contributed by atoms with Crippen LogP contribution in [0, 0.1) is 5.92 Å². The van der Waals surface area contributed by atoms with Crippen LogP contribution in [0.2, 0.25) is 0 Å². The van der Waals surface area contributed by atoms with Crippen LogP contribution < -0.4 is 16.2 Å². The molecule has 2 aromatic rings. The Bertz CT molecular complexity index is 1130. The van der Waals surface area contributed by atoms with E-state index in [1.54, 1.807) is 42.5 Å². The maximum atomic E-state index is 12.6. The first-order valence-electron chi connectivity index (χ1n) is 13.7. The number of benzene rings is 2. The van der Waals surface area contributed by atoms with Gasteiger partial charge >= 0.3 is 11.9 Å². The van der Waals surface area contributed by atoms with Crippen LogP contribution in [0.3, 0.4) is 0 Å². The van der Waals surface area contributed by atoms with Gasteiger partial charge in [0, 0.05) is 29.5 Å². The average Bonchev–Trinajstić information content (AvgIpc) is 2.91. The molecule has 1 aliphatic rings. The number of hydrogen-bond donors (Lipinski definition) is 2. The van der Waals surface area contributed by atoms with E-state index >= 15 is 0 Å². The number of hydrogen-bond acceptors (Lipinski definition) is 7. The molecule has 0 saturated heterocycles. The molecule has 0 radical (unpaired) electrons. The van der Waals surface area contributed by atoms with Gasteiger partial charge in [-0.25, -0.2) is 4.79 Å². The number of nitrogen functional groups attached to an aromatic ring is 2. The smallest absolute Gasteiger partial charge is 0.330 e. The van der Waals surface area contributed by atoms with Crippen molar-refractivity contribution in [3.05, 3.63) is 72.3 Å². The van der Waals surface area contributed by atoms with E-state index in [0.717, 1.165) is 62.7 Å². The topological polar surface area (TPSA) is 114 Å². The first kappa shape index (κ1) is 30.0. The van der Waals surface area contributed by atoms with E-state index in [1.165, 1.54) is 6.08 Å². The molecule has 0 unspecified atom stereocenters. The minimum Gasteiger partial charge on any atom is -0.462 e. The highest BCUT2D eigenvalue weighted by Crippen LogP contribution is 2.30. The number of carbonyl (C=O) groups is 2. The molecule has 7 nitrogen and oxygen atoms in total. The standard InChI is InChI=1S/C32H42N2O5/c1-4-5-6-7-20-37-26-16-11-24(12-17-26)31(36)39-27-14-8-23(9-15-27)10-19-30(35)38-22-32(2,3)28-18-13-25(33)21-29(28)34/h4,8-10,13-15,18-19,21,24,26H,1,5-7,11-12,16-17,20,22,33-34H2,2-3H3/b19-10+. The molecule has 0 aliphatic heterocycles. The second-order valence-electron chi connectivity index (χ2n) is 10.8. The number of ether oxygens (including phenoxy) is 3.